The molecular weight excluding hydrogens is 284 g/mol. The first-order valence-electron chi connectivity index (χ1n) is 7.37. The van der Waals surface area contributed by atoms with Gasteiger partial charge in [-0.1, -0.05) is 18.5 Å². The highest BCUT2D eigenvalue weighted by Gasteiger charge is 2.29. The molecule has 0 radical (unpaired) electrons. The predicted molar refractivity (Wildman–Crippen MR) is 82.3 cm³/mol. The number of rotatable bonds is 4. The van der Waals surface area contributed by atoms with Gasteiger partial charge in [0, 0.05) is 16.9 Å². The molecule has 0 N–H and O–H groups in total. The zero-order valence-corrected chi connectivity index (χ0v) is 12.9. The van der Waals surface area contributed by atoms with Gasteiger partial charge in [-0.25, -0.2) is 0 Å². The van der Waals surface area contributed by atoms with Gasteiger partial charge in [-0.3, -0.25) is 4.79 Å². The predicted octanol–water partition coefficient (Wildman–Crippen LogP) is 4.08. The number of carbonyl (C=O) groups excluding carboxylic acids is 1. The molecule has 0 saturated heterocycles. The summed E-state index contributed by atoms with van der Waals surface area (Å²) >= 11 is 1.80. The van der Waals surface area contributed by atoms with Crippen LogP contribution in [-0.2, 0) is 4.79 Å². The molecule has 1 atom stereocenters. The van der Waals surface area contributed by atoms with Crippen LogP contribution in [-0.4, -0.2) is 21.7 Å². The molecule has 4 nitrogen and oxygen atoms in total. The van der Waals surface area contributed by atoms with E-state index in [0.29, 0.717) is 18.1 Å². The molecule has 0 amide bonds. The molecule has 5 heteroatoms. The summed E-state index contributed by atoms with van der Waals surface area (Å²) in [5.74, 6) is 2.12. The Labute approximate surface area is 128 Å². The number of carbonyl (C=O) groups is 1. The molecule has 1 aromatic heterocycles. The van der Waals surface area contributed by atoms with Gasteiger partial charge in [-0.2, -0.15) is 4.98 Å². The summed E-state index contributed by atoms with van der Waals surface area (Å²) in [5, 5.41) is 4.03. The van der Waals surface area contributed by atoms with E-state index < -0.39 is 0 Å². The minimum atomic E-state index is -0.199. The van der Waals surface area contributed by atoms with Crippen LogP contribution in [0.4, 0.5) is 0 Å². The van der Waals surface area contributed by atoms with E-state index in [4.69, 9.17) is 4.52 Å². The lowest BCUT2D eigenvalue weighted by molar-refractivity contribution is -0.122. The molecule has 1 aliphatic rings. The lowest BCUT2D eigenvalue weighted by atomic mass is 9.88. The zero-order chi connectivity index (χ0) is 14.7. The van der Waals surface area contributed by atoms with Crippen LogP contribution in [0.25, 0.3) is 11.4 Å². The van der Waals surface area contributed by atoms with E-state index in [9.17, 15) is 4.79 Å². The maximum absolute atomic E-state index is 11.9. The van der Waals surface area contributed by atoms with Crippen LogP contribution in [0.15, 0.2) is 33.7 Å². The summed E-state index contributed by atoms with van der Waals surface area (Å²) in [6, 6.07) is 8.11. The monoisotopic (exact) mass is 302 g/mol. The second-order valence-electron chi connectivity index (χ2n) is 5.18. The molecule has 1 aromatic carbocycles. The van der Waals surface area contributed by atoms with E-state index in [2.05, 4.69) is 29.2 Å². The molecule has 1 aliphatic carbocycles. The fourth-order valence-electron chi connectivity index (χ4n) is 2.60. The van der Waals surface area contributed by atoms with Crippen LogP contribution in [0.3, 0.4) is 0 Å². The Hall–Kier alpha value is -1.62. The number of hydrogen-bond acceptors (Lipinski definition) is 5. The van der Waals surface area contributed by atoms with E-state index in [1.54, 1.807) is 11.8 Å². The Morgan fingerprint density at radius 2 is 2.10 bits per heavy atom. The average Bonchev–Trinajstić information content (AvgIpc) is 2.98. The van der Waals surface area contributed by atoms with Crippen molar-refractivity contribution in [3.8, 4) is 11.4 Å². The van der Waals surface area contributed by atoms with Gasteiger partial charge in [0.15, 0.2) is 0 Å². The first kappa shape index (κ1) is 14.3. The molecule has 0 spiro atoms. The van der Waals surface area contributed by atoms with Gasteiger partial charge in [0.1, 0.15) is 5.78 Å². The van der Waals surface area contributed by atoms with Gasteiger partial charge >= 0.3 is 0 Å². The smallest absolute Gasteiger partial charge is 0.237 e. The number of hydrogen-bond donors (Lipinski definition) is 0. The molecule has 2 aromatic rings. The van der Waals surface area contributed by atoms with E-state index >= 15 is 0 Å². The summed E-state index contributed by atoms with van der Waals surface area (Å²) in [5.41, 5.74) is 0.925. The molecule has 21 heavy (non-hydrogen) atoms. The summed E-state index contributed by atoms with van der Waals surface area (Å²) in [6.45, 7) is 2.13. The summed E-state index contributed by atoms with van der Waals surface area (Å²) in [4.78, 5) is 17.6. The van der Waals surface area contributed by atoms with E-state index in [1.807, 2.05) is 12.1 Å². The van der Waals surface area contributed by atoms with Gasteiger partial charge < -0.3 is 4.52 Å². The van der Waals surface area contributed by atoms with Crippen LogP contribution in [0.2, 0.25) is 0 Å². The minimum Gasteiger partial charge on any atom is -0.338 e. The maximum Gasteiger partial charge on any atom is 0.237 e. The first-order valence-corrected chi connectivity index (χ1v) is 8.36. The minimum absolute atomic E-state index is 0.199. The van der Waals surface area contributed by atoms with Crippen molar-refractivity contribution in [2.24, 2.45) is 0 Å². The number of thioether (sulfide) groups is 1. The lowest BCUT2D eigenvalue weighted by Gasteiger charge is -2.16. The Bertz CT molecular complexity index is 621. The second-order valence-corrected chi connectivity index (χ2v) is 6.52. The zero-order valence-electron chi connectivity index (χ0n) is 12.0. The van der Waals surface area contributed by atoms with Crippen molar-refractivity contribution in [2.75, 3.05) is 5.75 Å². The van der Waals surface area contributed by atoms with Gasteiger partial charge in [0.2, 0.25) is 11.7 Å². The highest BCUT2D eigenvalue weighted by Crippen LogP contribution is 2.30. The SMILES string of the molecule is CCSc1ccc(-c2noc(C3CCCCC3=O)n2)cc1. The molecule has 0 bridgehead atoms. The standard InChI is InChI=1S/C16H18N2O2S/c1-2-21-12-9-7-11(8-10-12)15-17-16(20-18-15)13-5-3-4-6-14(13)19/h7-10,13H,2-6H2,1H3. The van der Waals surface area contributed by atoms with Crippen LogP contribution >= 0.6 is 11.8 Å². The van der Waals surface area contributed by atoms with Crippen LogP contribution in [0.5, 0.6) is 0 Å². The third-order valence-corrected chi connectivity index (χ3v) is 4.61. The Kier molecular flexibility index (Phi) is 4.39. The average molecular weight is 302 g/mol. The van der Waals surface area contributed by atoms with Crippen LogP contribution < -0.4 is 0 Å². The number of ketones is 1. The topological polar surface area (TPSA) is 56.0 Å². The van der Waals surface area contributed by atoms with E-state index in [1.165, 1.54) is 4.90 Å². The maximum atomic E-state index is 11.9. The Balaban J connectivity index is 1.79. The van der Waals surface area contributed by atoms with Crippen molar-refractivity contribution >= 4 is 17.5 Å². The third kappa shape index (κ3) is 3.18. The van der Waals surface area contributed by atoms with Crippen LogP contribution in [0.1, 0.15) is 44.4 Å². The first-order chi connectivity index (χ1) is 10.3. The molecule has 1 heterocycles. The summed E-state index contributed by atoms with van der Waals surface area (Å²) < 4.78 is 5.32. The number of nitrogens with zero attached hydrogens (tertiary/aromatic N) is 2. The third-order valence-electron chi connectivity index (χ3n) is 3.72. The van der Waals surface area contributed by atoms with E-state index in [-0.39, 0.29) is 11.7 Å². The molecule has 1 fully saturated rings. The van der Waals surface area contributed by atoms with Gasteiger partial charge in [0.05, 0.1) is 5.92 Å². The van der Waals surface area contributed by atoms with Crippen molar-refractivity contribution in [2.45, 2.75) is 43.4 Å². The van der Waals surface area contributed by atoms with Crippen molar-refractivity contribution in [1.29, 1.82) is 0 Å². The fourth-order valence-corrected chi connectivity index (χ4v) is 3.27. The largest absolute Gasteiger partial charge is 0.338 e. The Morgan fingerprint density at radius 3 is 2.81 bits per heavy atom. The van der Waals surface area contributed by atoms with Gasteiger partial charge in [-0.05, 0) is 42.9 Å². The van der Waals surface area contributed by atoms with Crippen LogP contribution in [0, 0.1) is 0 Å². The van der Waals surface area contributed by atoms with Crippen molar-refractivity contribution in [1.82, 2.24) is 10.1 Å². The molecule has 3 rings (SSSR count). The second kappa shape index (κ2) is 6.43. The highest BCUT2D eigenvalue weighted by molar-refractivity contribution is 7.99. The van der Waals surface area contributed by atoms with Gasteiger partial charge in [0.25, 0.3) is 0 Å². The highest BCUT2D eigenvalue weighted by atomic mass is 32.2. The number of Topliss-reactive ketones (excluding diaryl/α,β-unsaturated/α-hetero) is 1. The quantitative estimate of drug-likeness (QED) is 0.797. The van der Waals surface area contributed by atoms with Gasteiger partial charge in [-0.15, -0.1) is 11.8 Å². The molecular formula is C16H18N2O2S. The Morgan fingerprint density at radius 1 is 1.29 bits per heavy atom. The molecule has 0 aliphatic heterocycles. The normalized spacial score (nSPS) is 18.9. The number of benzene rings is 1. The number of aromatic nitrogens is 2. The summed E-state index contributed by atoms with van der Waals surface area (Å²) in [6.07, 6.45) is 3.49. The molecule has 110 valence electrons. The van der Waals surface area contributed by atoms with E-state index in [0.717, 1.165) is 30.6 Å². The van der Waals surface area contributed by atoms with Crippen molar-refractivity contribution < 1.29 is 9.32 Å². The molecule has 1 saturated carbocycles. The fraction of sp³-hybridized carbons (Fsp3) is 0.438. The van der Waals surface area contributed by atoms with Crippen molar-refractivity contribution in [3.05, 3.63) is 30.2 Å². The lowest BCUT2D eigenvalue weighted by Crippen LogP contribution is -2.17. The summed E-state index contributed by atoms with van der Waals surface area (Å²) in [7, 11) is 0. The van der Waals surface area contributed by atoms with Crippen molar-refractivity contribution in [3.63, 3.8) is 0 Å². The molecule has 1 unspecified atom stereocenters.